The number of carbonyl (C=O) groups is 2. The monoisotopic (exact) mass is 1030 g/mol. The fourth-order valence-corrected chi connectivity index (χ4v) is 9.25. The second-order valence-electron chi connectivity index (χ2n) is 17.9. The van der Waals surface area contributed by atoms with Crippen molar-refractivity contribution in [1.82, 2.24) is 9.55 Å². The Labute approximate surface area is 374 Å². The first-order valence-electron chi connectivity index (χ1n) is 20.4. The van der Waals surface area contributed by atoms with Gasteiger partial charge in [-0.05, 0) is 84.5 Å². The van der Waals surface area contributed by atoms with Crippen LogP contribution in [0, 0.1) is 79.6 Å². The molecule has 0 aliphatic carbocycles. The Hall–Kier alpha value is -0.768. The molecule has 4 N–H and O–H groups in total. The standard InChI is InChI=1S/C41H70N2O13.Ac/c1-14-29-41(12,49)33(45)25(6)24(5)22(3)18-39(10,48)34(55-37-31(44)21(2)17-23(4)51-37)26(7)32(27(8)36(46)53-29)54-30-19-40(11,50-13)35(28(9)52-30)56-38(47)43-16-15-42-20-43;/h15-16,20-35,37,44-45,48-49H,14,17-19H2,1-13H3;/t21?,22-,23?,24+,25+,26?,27-,28?,29-,30?,31?,32+,33-,34-,35?,37?,39-,40?,41-;/m1./s1. The van der Waals surface area contributed by atoms with Crippen LogP contribution < -0.4 is 0 Å². The number of hydrogen-bond donors (Lipinski definition) is 4. The largest absolute Gasteiger partial charge is 0.459 e. The first-order valence-corrected chi connectivity index (χ1v) is 20.4. The molecule has 325 valence electrons. The average molecular weight is 1030 g/mol. The predicted molar refractivity (Wildman–Crippen MR) is 204 cm³/mol. The Morgan fingerprint density at radius 2 is 1.58 bits per heavy atom. The van der Waals surface area contributed by atoms with Crippen LogP contribution in [-0.4, -0.2) is 127 Å². The summed E-state index contributed by atoms with van der Waals surface area (Å²) in [6.07, 6.45) is -4.64. The summed E-state index contributed by atoms with van der Waals surface area (Å²) in [5.41, 5.74) is -4.50. The fourth-order valence-electron chi connectivity index (χ4n) is 9.25. The van der Waals surface area contributed by atoms with Crippen molar-refractivity contribution in [2.45, 2.75) is 187 Å². The molecule has 3 aliphatic heterocycles. The molecule has 1 aromatic heterocycles. The molecule has 0 amide bonds. The van der Waals surface area contributed by atoms with E-state index in [1.54, 1.807) is 34.6 Å². The summed E-state index contributed by atoms with van der Waals surface area (Å²) in [5.74, 6) is -3.52. The molecule has 0 saturated carbocycles. The van der Waals surface area contributed by atoms with Crippen molar-refractivity contribution in [2.24, 2.45) is 35.5 Å². The van der Waals surface area contributed by atoms with Gasteiger partial charge in [0.2, 0.25) is 0 Å². The van der Waals surface area contributed by atoms with E-state index in [-0.39, 0.29) is 87.2 Å². The van der Waals surface area contributed by atoms with E-state index in [4.69, 9.17) is 33.2 Å². The number of carbonyl (C=O) groups excluding carboxylic acids is 2. The number of cyclic esters (lactones) is 1. The van der Waals surface area contributed by atoms with E-state index >= 15 is 0 Å². The molecular weight excluding hydrogens is 955 g/mol. The average Bonchev–Trinajstić information content (AvgIpc) is 3.68. The van der Waals surface area contributed by atoms with E-state index in [0.29, 0.717) is 6.42 Å². The third kappa shape index (κ3) is 11.4. The van der Waals surface area contributed by atoms with Crippen molar-refractivity contribution in [1.29, 1.82) is 0 Å². The Balaban J connectivity index is 0.00000870. The molecule has 3 aliphatic rings. The van der Waals surface area contributed by atoms with Gasteiger partial charge in [0, 0.05) is 75.9 Å². The number of aliphatic hydroxyl groups is 4. The molecule has 4 heterocycles. The van der Waals surface area contributed by atoms with E-state index in [9.17, 15) is 30.0 Å². The molecule has 0 spiro atoms. The second-order valence-corrected chi connectivity index (χ2v) is 17.9. The molecule has 15 nitrogen and oxygen atoms in total. The Kier molecular flexibility index (Phi) is 18.1. The number of ether oxygens (including phenoxy) is 7. The number of aliphatic hydroxyl groups excluding tert-OH is 2. The van der Waals surface area contributed by atoms with E-state index in [0.717, 1.165) is 0 Å². The van der Waals surface area contributed by atoms with Gasteiger partial charge in [-0.3, -0.25) is 4.79 Å². The van der Waals surface area contributed by atoms with Gasteiger partial charge in [-0.25, -0.2) is 14.3 Å². The van der Waals surface area contributed by atoms with Gasteiger partial charge in [0.15, 0.2) is 18.7 Å². The molecule has 3 saturated heterocycles. The van der Waals surface area contributed by atoms with Gasteiger partial charge < -0.3 is 53.6 Å². The molecule has 3 fully saturated rings. The van der Waals surface area contributed by atoms with Crippen molar-refractivity contribution in [3.05, 3.63) is 18.7 Å². The molecular formula is C41H70AcN2O13. The summed E-state index contributed by atoms with van der Waals surface area (Å²) in [6.45, 7) is 21.5. The SMILES string of the molecule is CC[C@H]1OC(=O)[C@H](C)[C@@H](OC2CC(C)(OC)C(OC(=O)n3ccnc3)C(C)O2)C(C)[C@@H](OC2OC(C)CC(C)C2O)[C@](C)(O)C[C@@H](C)[C@H](C)[C@H](C)[C@@H](O)[C@]1(C)O.[Ac]. The van der Waals surface area contributed by atoms with Crippen LogP contribution in [0.3, 0.4) is 0 Å². The third-order valence-electron chi connectivity index (χ3n) is 13.2. The van der Waals surface area contributed by atoms with Crippen molar-refractivity contribution in [2.75, 3.05) is 7.11 Å². The van der Waals surface area contributed by atoms with Gasteiger partial charge in [0.1, 0.15) is 29.7 Å². The first-order chi connectivity index (χ1) is 26.0. The fraction of sp³-hybridized carbons (Fsp3) is 0.878. The quantitative estimate of drug-likeness (QED) is 0.280. The van der Waals surface area contributed by atoms with E-state index < -0.39 is 102 Å². The van der Waals surface area contributed by atoms with Gasteiger partial charge >= 0.3 is 12.1 Å². The van der Waals surface area contributed by atoms with Crippen LogP contribution in [0.5, 0.6) is 0 Å². The normalized spacial score (nSPS) is 46.6. The number of hydrogen-bond acceptors (Lipinski definition) is 14. The Morgan fingerprint density at radius 3 is 2.16 bits per heavy atom. The van der Waals surface area contributed by atoms with Gasteiger partial charge in [0.05, 0.1) is 42.0 Å². The van der Waals surface area contributed by atoms with Gasteiger partial charge in [-0.2, -0.15) is 0 Å². The molecule has 16 heteroatoms. The first kappa shape index (κ1) is 50.6. The van der Waals surface area contributed by atoms with Crippen LogP contribution in [0.25, 0.3) is 0 Å². The van der Waals surface area contributed by atoms with Gasteiger partial charge in [-0.15, -0.1) is 0 Å². The van der Waals surface area contributed by atoms with Crippen molar-refractivity contribution < 1.29 is 107 Å². The zero-order chi connectivity index (χ0) is 42.1. The molecule has 1 radical (unpaired) electrons. The minimum atomic E-state index is -1.80. The summed E-state index contributed by atoms with van der Waals surface area (Å²) in [5, 5.41) is 47.3. The van der Waals surface area contributed by atoms with E-state index in [1.165, 1.54) is 37.3 Å². The van der Waals surface area contributed by atoms with Crippen LogP contribution in [0.2, 0.25) is 0 Å². The maximum Gasteiger partial charge on any atom is 0.419 e. The number of aromatic nitrogens is 2. The maximum absolute atomic E-state index is 14.3. The predicted octanol–water partition coefficient (Wildman–Crippen LogP) is 4.45. The summed E-state index contributed by atoms with van der Waals surface area (Å²) < 4.78 is 45.1. The van der Waals surface area contributed by atoms with Crippen molar-refractivity contribution in [3.8, 4) is 0 Å². The van der Waals surface area contributed by atoms with Crippen LogP contribution in [-0.2, 0) is 38.0 Å². The minimum Gasteiger partial charge on any atom is -0.459 e. The van der Waals surface area contributed by atoms with Gasteiger partial charge in [-0.1, -0.05) is 41.5 Å². The van der Waals surface area contributed by atoms with Crippen molar-refractivity contribution >= 4 is 12.1 Å². The number of methoxy groups -OCH3 is 1. The summed E-state index contributed by atoms with van der Waals surface area (Å²) in [7, 11) is 1.50. The van der Waals surface area contributed by atoms with Crippen molar-refractivity contribution in [3.63, 3.8) is 0 Å². The van der Waals surface area contributed by atoms with Crippen LogP contribution in [0.4, 0.5) is 4.79 Å². The smallest absolute Gasteiger partial charge is 0.419 e. The molecule has 0 bridgehead atoms. The minimum absolute atomic E-state index is 0. The molecule has 57 heavy (non-hydrogen) atoms. The Morgan fingerprint density at radius 1 is 0.930 bits per heavy atom. The molecule has 4 rings (SSSR count). The summed E-state index contributed by atoms with van der Waals surface area (Å²) in [6, 6.07) is 0. The molecule has 1 aromatic rings. The maximum atomic E-state index is 14.3. The summed E-state index contributed by atoms with van der Waals surface area (Å²) >= 11 is 0. The number of imidazole rings is 1. The second kappa shape index (κ2) is 20.4. The topological polar surface area (TPSA) is 197 Å². The molecule has 9 unspecified atom stereocenters. The van der Waals surface area contributed by atoms with E-state index in [1.807, 2.05) is 41.5 Å². The van der Waals surface area contributed by atoms with Gasteiger partial charge in [0.25, 0.3) is 0 Å². The van der Waals surface area contributed by atoms with E-state index in [2.05, 4.69) is 4.98 Å². The summed E-state index contributed by atoms with van der Waals surface area (Å²) in [4.78, 5) is 31.2. The molecule has 19 atom stereocenters. The van der Waals surface area contributed by atoms with Crippen LogP contribution in [0.15, 0.2) is 18.7 Å². The number of rotatable bonds is 7. The zero-order valence-corrected chi connectivity index (χ0v) is 41.0. The zero-order valence-electron chi connectivity index (χ0n) is 36.2. The number of nitrogens with zero attached hydrogens (tertiary/aromatic N) is 2. The van der Waals surface area contributed by atoms with Crippen LogP contribution in [0.1, 0.15) is 109 Å². The van der Waals surface area contributed by atoms with Crippen LogP contribution >= 0.6 is 0 Å². The third-order valence-corrected chi connectivity index (χ3v) is 13.2. The molecule has 0 aromatic carbocycles. The Bertz CT molecular complexity index is 1430. The number of esters is 1.